The summed E-state index contributed by atoms with van der Waals surface area (Å²) in [5.41, 5.74) is 3.12. The number of hydrogen-bond donors (Lipinski definition) is 1. The molecule has 0 aliphatic rings. The normalized spacial score (nSPS) is 10.5. The zero-order chi connectivity index (χ0) is 18.9. The van der Waals surface area contributed by atoms with Crippen LogP contribution in [0.4, 0.5) is 0 Å². The molecule has 7 nitrogen and oxygen atoms in total. The monoisotopic (exact) mass is 422 g/mol. The highest BCUT2D eigenvalue weighted by atomic mass is 79.9. The molecule has 8 heteroatoms. The minimum Gasteiger partial charge on any atom is -0.493 e. The molecule has 0 radical (unpaired) electrons. The molecule has 0 atom stereocenters. The molecule has 0 aliphatic heterocycles. The average molecular weight is 423 g/mol. The van der Waals surface area contributed by atoms with Gasteiger partial charge in [-0.2, -0.15) is 5.10 Å². The molecule has 0 aliphatic carbocycles. The van der Waals surface area contributed by atoms with E-state index in [0.717, 1.165) is 5.56 Å². The highest BCUT2D eigenvalue weighted by Gasteiger charge is 2.10. The van der Waals surface area contributed by atoms with Crippen LogP contribution in [0.25, 0.3) is 0 Å². The van der Waals surface area contributed by atoms with Crippen LogP contribution in [0.2, 0.25) is 0 Å². The molecule has 0 aromatic heterocycles. The Morgan fingerprint density at radius 3 is 2.42 bits per heavy atom. The predicted octanol–water partition coefficient (Wildman–Crippen LogP) is 3.00. The number of hydrogen-bond acceptors (Lipinski definition) is 6. The summed E-state index contributed by atoms with van der Waals surface area (Å²) in [6.07, 6.45) is 1.49. The summed E-state index contributed by atoms with van der Waals surface area (Å²) >= 11 is 3.40. The van der Waals surface area contributed by atoms with Crippen molar-refractivity contribution >= 4 is 28.1 Å². The Labute approximate surface area is 160 Å². The van der Waals surface area contributed by atoms with Crippen molar-refractivity contribution in [2.75, 3.05) is 27.9 Å². The molecule has 0 saturated heterocycles. The fourth-order valence-electron chi connectivity index (χ4n) is 2.10. The van der Waals surface area contributed by atoms with E-state index in [1.807, 2.05) is 6.07 Å². The van der Waals surface area contributed by atoms with Gasteiger partial charge in [0.05, 0.1) is 32.0 Å². The molecule has 2 aromatic rings. The van der Waals surface area contributed by atoms with Crippen LogP contribution < -0.4 is 24.4 Å². The van der Waals surface area contributed by atoms with Gasteiger partial charge in [-0.15, -0.1) is 0 Å². The third-order valence-electron chi connectivity index (χ3n) is 3.29. The Kier molecular flexibility index (Phi) is 7.28. The summed E-state index contributed by atoms with van der Waals surface area (Å²) in [4.78, 5) is 11.9. The predicted molar refractivity (Wildman–Crippen MR) is 101 cm³/mol. The summed E-state index contributed by atoms with van der Waals surface area (Å²) < 4.78 is 21.8. The average Bonchev–Trinajstić information content (AvgIpc) is 2.66. The first-order valence-electron chi connectivity index (χ1n) is 7.58. The van der Waals surface area contributed by atoms with Gasteiger partial charge in [-0.1, -0.05) is 12.1 Å². The standard InChI is InChI=1S/C18H19BrN2O5/c1-23-14-6-4-5-7-15(14)26-11-17(22)21-20-10-12-8-13(19)18(25-3)16(9-12)24-2/h4-10H,11H2,1-3H3,(H,21,22)/b20-10+. The molecule has 0 heterocycles. The summed E-state index contributed by atoms with van der Waals surface area (Å²) in [5.74, 6) is 1.77. The van der Waals surface area contributed by atoms with E-state index in [1.54, 1.807) is 44.6 Å². The van der Waals surface area contributed by atoms with Crippen molar-refractivity contribution in [2.24, 2.45) is 5.10 Å². The van der Waals surface area contributed by atoms with E-state index in [4.69, 9.17) is 18.9 Å². The molecular weight excluding hydrogens is 404 g/mol. The Hall–Kier alpha value is -2.74. The number of methoxy groups -OCH3 is 3. The van der Waals surface area contributed by atoms with Crippen LogP contribution in [-0.4, -0.2) is 40.1 Å². The molecule has 26 heavy (non-hydrogen) atoms. The number of nitrogens with zero attached hydrogens (tertiary/aromatic N) is 1. The Bertz CT molecular complexity index is 795. The Balaban J connectivity index is 1.94. The number of nitrogens with one attached hydrogen (secondary N) is 1. The molecule has 0 unspecified atom stereocenters. The number of carbonyl (C=O) groups is 1. The van der Waals surface area contributed by atoms with Gasteiger partial charge in [0.1, 0.15) is 0 Å². The van der Waals surface area contributed by atoms with Crippen LogP contribution in [0.1, 0.15) is 5.56 Å². The van der Waals surface area contributed by atoms with Crippen molar-refractivity contribution in [1.82, 2.24) is 5.43 Å². The third-order valence-corrected chi connectivity index (χ3v) is 3.88. The number of hydrazone groups is 1. The van der Waals surface area contributed by atoms with Gasteiger partial charge in [-0.05, 0) is 45.8 Å². The lowest BCUT2D eigenvalue weighted by Gasteiger charge is -2.10. The number of amides is 1. The third kappa shape index (κ3) is 5.13. The van der Waals surface area contributed by atoms with E-state index in [9.17, 15) is 4.79 Å². The summed E-state index contributed by atoms with van der Waals surface area (Å²) in [5, 5.41) is 3.92. The summed E-state index contributed by atoms with van der Waals surface area (Å²) in [7, 11) is 4.63. The summed E-state index contributed by atoms with van der Waals surface area (Å²) in [6.45, 7) is -0.187. The molecule has 1 N–H and O–H groups in total. The first-order chi connectivity index (χ1) is 12.6. The maximum absolute atomic E-state index is 11.9. The van der Waals surface area contributed by atoms with Gasteiger partial charge >= 0.3 is 0 Å². The van der Waals surface area contributed by atoms with E-state index in [-0.39, 0.29) is 6.61 Å². The number of benzene rings is 2. The summed E-state index contributed by atoms with van der Waals surface area (Å²) in [6, 6.07) is 10.6. The zero-order valence-corrected chi connectivity index (χ0v) is 16.2. The molecule has 0 saturated carbocycles. The minimum atomic E-state index is -0.397. The number of carbonyl (C=O) groups excluding carboxylic acids is 1. The van der Waals surface area contributed by atoms with Crippen molar-refractivity contribution < 1.29 is 23.7 Å². The molecule has 0 spiro atoms. The van der Waals surface area contributed by atoms with Crippen LogP contribution in [0.15, 0.2) is 46.0 Å². The maximum Gasteiger partial charge on any atom is 0.277 e. The van der Waals surface area contributed by atoms with E-state index in [1.165, 1.54) is 13.3 Å². The molecular formula is C18H19BrN2O5. The lowest BCUT2D eigenvalue weighted by molar-refractivity contribution is -0.123. The van der Waals surface area contributed by atoms with Crippen molar-refractivity contribution in [3.8, 4) is 23.0 Å². The van der Waals surface area contributed by atoms with Crippen LogP contribution in [0, 0.1) is 0 Å². The van der Waals surface area contributed by atoms with Gasteiger partial charge in [0.25, 0.3) is 5.91 Å². The van der Waals surface area contributed by atoms with Crippen LogP contribution >= 0.6 is 15.9 Å². The number of rotatable bonds is 8. The van der Waals surface area contributed by atoms with E-state index < -0.39 is 5.91 Å². The second kappa shape index (κ2) is 9.67. The second-order valence-corrected chi connectivity index (χ2v) is 5.83. The lowest BCUT2D eigenvalue weighted by Crippen LogP contribution is -2.24. The second-order valence-electron chi connectivity index (χ2n) is 4.97. The fourth-order valence-corrected chi connectivity index (χ4v) is 2.73. The highest BCUT2D eigenvalue weighted by Crippen LogP contribution is 2.35. The SMILES string of the molecule is COc1ccccc1OCC(=O)N/N=C/c1cc(Br)c(OC)c(OC)c1. The first-order valence-corrected chi connectivity index (χ1v) is 8.37. The van der Waals surface area contributed by atoms with Crippen LogP contribution in [-0.2, 0) is 4.79 Å². The van der Waals surface area contributed by atoms with Gasteiger partial charge < -0.3 is 18.9 Å². The molecule has 0 bridgehead atoms. The van der Waals surface area contributed by atoms with Crippen molar-refractivity contribution in [2.45, 2.75) is 0 Å². The molecule has 138 valence electrons. The molecule has 0 fully saturated rings. The number of para-hydroxylation sites is 2. The largest absolute Gasteiger partial charge is 0.493 e. The lowest BCUT2D eigenvalue weighted by atomic mass is 10.2. The van der Waals surface area contributed by atoms with Crippen LogP contribution in [0.5, 0.6) is 23.0 Å². The van der Waals surface area contributed by atoms with Gasteiger partial charge in [0, 0.05) is 0 Å². The Morgan fingerprint density at radius 1 is 1.08 bits per heavy atom. The molecule has 2 rings (SSSR count). The van der Waals surface area contributed by atoms with Crippen molar-refractivity contribution in [3.63, 3.8) is 0 Å². The minimum absolute atomic E-state index is 0.187. The highest BCUT2D eigenvalue weighted by molar-refractivity contribution is 9.10. The van der Waals surface area contributed by atoms with Gasteiger partial charge in [-0.25, -0.2) is 5.43 Å². The van der Waals surface area contributed by atoms with Crippen molar-refractivity contribution in [3.05, 3.63) is 46.4 Å². The first kappa shape index (κ1) is 19.6. The molecule has 2 aromatic carbocycles. The van der Waals surface area contributed by atoms with E-state index >= 15 is 0 Å². The number of ether oxygens (including phenoxy) is 4. The van der Waals surface area contributed by atoms with Gasteiger partial charge in [0.2, 0.25) is 0 Å². The molecule has 1 amide bonds. The van der Waals surface area contributed by atoms with E-state index in [0.29, 0.717) is 27.5 Å². The Morgan fingerprint density at radius 2 is 1.77 bits per heavy atom. The topological polar surface area (TPSA) is 78.4 Å². The van der Waals surface area contributed by atoms with E-state index in [2.05, 4.69) is 26.5 Å². The maximum atomic E-state index is 11.9. The zero-order valence-electron chi connectivity index (χ0n) is 14.6. The van der Waals surface area contributed by atoms with Crippen molar-refractivity contribution in [1.29, 1.82) is 0 Å². The van der Waals surface area contributed by atoms with Gasteiger partial charge in [-0.3, -0.25) is 4.79 Å². The fraction of sp³-hybridized carbons (Fsp3) is 0.222. The van der Waals surface area contributed by atoms with Crippen LogP contribution in [0.3, 0.4) is 0 Å². The number of halogens is 1. The quantitative estimate of drug-likeness (QED) is 0.522. The van der Waals surface area contributed by atoms with Gasteiger partial charge in [0.15, 0.2) is 29.6 Å². The smallest absolute Gasteiger partial charge is 0.277 e.